The van der Waals surface area contributed by atoms with Gasteiger partial charge in [-0.15, -0.1) is 0 Å². The highest BCUT2D eigenvalue weighted by molar-refractivity contribution is 7.09. The molecule has 1 aliphatic heterocycles. The van der Waals surface area contributed by atoms with Crippen LogP contribution in [-0.4, -0.2) is 44.5 Å². The van der Waals surface area contributed by atoms with E-state index in [-0.39, 0.29) is 30.6 Å². The van der Waals surface area contributed by atoms with Crippen LogP contribution in [0.4, 0.5) is 0 Å². The quantitative estimate of drug-likeness (QED) is 0.598. The van der Waals surface area contributed by atoms with Crippen LogP contribution in [0.3, 0.4) is 0 Å². The van der Waals surface area contributed by atoms with Gasteiger partial charge in [-0.3, -0.25) is 4.79 Å². The van der Waals surface area contributed by atoms with Gasteiger partial charge in [-0.05, 0) is 67.0 Å². The number of aliphatic hydroxyl groups is 1. The summed E-state index contributed by atoms with van der Waals surface area (Å²) in [7, 11) is 0. The van der Waals surface area contributed by atoms with Crippen molar-refractivity contribution < 1.29 is 14.6 Å². The molecule has 2 unspecified atom stereocenters. The molecular weight excluding hydrogens is 436 g/mol. The maximum absolute atomic E-state index is 12.4. The summed E-state index contributed by atoms with van der Waals surface area (Å²) in [4.78, 5) is 19.0. The Hall–Kier alpha value is -3.28. The summed E-state index contributed by atoms with van der Waals surface area (Å²) >= 11 is 1.34. The van der Waals surface area contributed by atoms with Crippen molar-refractivity contribution in [2.75, 3.05) is 13.2 Å². The summed E-state index contributed by atoms with van der Waals surface area (Å²) in [6.45, 7) is 4.18. The second-order valence-corrected chi connectivity index (χ2v) is 9.46. The van der Waals surface area contributed by atoms with Gasteiger partial charge >= 0.3 is 0 Å². The molecule has 0 radical (unpaired) electrons. The number of ether oxygens (including phenoxy) is 1. The van der Waals surface area contributed by atoms with Crippen molar-refractivity contribution in [3.63, 3.8) is 0 Å². The molecular formula is C25H24N4O3S. The molecule has 1 aliphatic carbocycles. The molecule has 33 heavy (non-hydrogen) atoms. The van der Waals surface area contributed by atoms with Gasteiger partial charge in [0.15, 0.2) is 5.82 Å². The Morgan fingerprint density at radius 2 is 2.15 bits per heavy atom. The Morgan fingerprint density at radius 1 is 1.30 bits per heavy atom. The number of aromatic nitrogens is 2. The molecule has 1 amide bonds. The first kappa shape index (κ1) is 21.6. The van der Waals surface area contributed by atoms with Crippen LogP contribution in [0, 0.1) is 17.2 Å². The van der Waals surface area contributed by atoms with E-state index in [4.69, 9.17) is 9.72 Å². The average molecular weight is 461 g/mol. The van der Waals surface area contributed by atoms with Gasteiger partial charge in [-0.1, -0.05) is 18.2 Å². The van der Waals surface area contributed by atoms with E-state index in [2.05, 4.69) is 22.6 Å². The van der Waals surface area contributed by atoms with Crippen molar-refractivity contribution in [1.29, 1.82) is 5.26 Å². The summed E-state index contributed by atoms with van der Waals surface area (Å²) in [6, 6.07) is 13.8. The highest BCUT2D eigenvalue weighted by Crippen LogP contribution is 2.49. The standard InChI is InChI=1S/C25H24N4O3S/c1-14(2)32-21-7-6-15(10-17(21)13-26)24-27-25(33-28-24)19-5-3-4-18-20(19)11-16-12-22(31)29(8-9-30)23(16)18/h3-7,10,14,16,23,30H,8-9,11-12H2,1-2H3. The number of likely N-dealkylation sites (tertiary alicyclic amines) is 1. The van der Waals surface area contributed by atoms with E-state index < -0.39 is 0 Å². The minimum Gasteiger partial charge on any atom is -0.490 e. The number of aliphatic hydroxyl groups excluding tert-OH is 1. The van der Waals surface area contributed by atoms with Gasteiger partial charge in [0.1, 0.15) is 16.8 Å². The Labute approximate surface area is 196 Å². The van der Waals surface area contributed by atoms with Gasteiger partial charge in [0.2, 0.25) is 5.91 Å². The molecule has 1 N–H and O–H groups in total. The van der Waals surface area contributed by atoms with Gasteiger partial charge < -0.3 is 14.7 Å². The summed E-state index contributed by atoms with van der Waals surface area (Å²) < 4.78 is 10.3. The molecule has 0 spiro atoms. The van der Waals surface area contributed by atoms with Crippen LogP contribution in [0.5, 0.6) is 5.75 Å². The van der Waals surface area contributed by atoms with Gasteiger partial charge in [0.05, 0.1) is 24.3 Å². The fraction of sp³-hybridized carbons (Fsp3) is 0.360. The number of hydrogen-bond donors (Lipinski definition) is 1. The number of fused-ring (bicyclic) bond motifs is 3. The molecule has 0 bridgehead atoms. The van der Waals surface area contributed by atoms with Crippen LogP contribution in [0.15, 0.2) is 36.4 Å². The zero-order valence-electron chi connectivity index (χ0n) is 18.5. The monoisotopic (exact) mass is 460 g/mol. The van der Waals surface area contributed by atoms with E-state index in [1.54, 1.807) is 12.1 Å². The molecule has 2 aliphatic rings. The number of amides is 1. The number of β-amino-alcohol motifs (C(OH)–C–C–N with tert-alkyl or cyclic N) is 1. The van der Waals surface area contributed by atoms with Gasteiger partial charge in [0.25, 0.3) is 0 Å². The third-order valence-corrected chi connectivity index (χ3v) is 7.00. The third-order valence-electron chi connectivity index (χ3n) is 6.25. The van der Waals surface area contributed by atoms with Crippen LogP contribution >= 0.6 is 11.5 Å². The second kappa shape index (κ2) is 8.58. The first-order valence-corrected chi connectivity index (χ1v) is 11.8. The normalized spacial score (nSPS) is 19.0. The lowest BCUT2D eigenvalue weighted by Gasteiger charge is -2.24. The van der Waals surface area contributed by atoms with E-state index in [0.29, 0.717) is 30.1 Å². The molecule has 0 saturated carbocycles. The highest BCUT2D eigenvalue weighted by Gasteiger charge is 2.46. The lowest BCUT2D eigenvalue weighted by Crippen LogP contribution is -2.30. The van der Waals surface area contributed by atoms with Crippen molar-refractivity contribution >= 4 is 17.4 Å². The molecule has 2 heterocycles. The largest absolute Gasteiger partial charge is 0.490 e. The summed E-state index contributed by atoms with van der Waals surface area (Å²) in [6.07, 6.45) is 1.32. The number of nitriles is 1. The number of carbonyl (C=O) groups is 1. The zero-order chi connectivity index (χ0) is 23.1. The van der Waals surface area contributed by atoms with Gasteiger partial charge in [-0.25, -0.2) is 4.98 Å². The second-order valence-electron chi connectivity index (χ2n) is 8.71. The van der Waals surface area contributed by atoms with E-state index >= 15 is 0 Å². The minimum absolute atomic E-state index is 0.0183. The van der Waals surface area contributed by atoms with Crippen molar-refractivity contribution in [1.82, 2.24) is 14.3 Å². The van der Waals surface area contributed by atoms with E-state index in [1.807, 2.05) is 30.9 Å². The molecule has 168 valence electrons. The first-order chi connectivity index (χ1) is 16.0. The van der Waals surface area contributed by atoms with Crippen LogP contribution in [0.25, 0.3) is 22.0 Å². The lowest BCUT2D eigenvalue weighted by atomic mass is 10.0. The minimum atomic E-state index is -0.0323. The van der Waals surface area contributed by atoms with Crippen molar-refractivity contribution in [2.45, 2.75) is 38.8 Å². The number of carbonyl (C=O) groups excluding carboxylic acids is 1. The summed E-state index contributed by atoms with van der Waals surface area (Å²) in [5, 5.41) is 19.8. The van der Waals surface area contributed by atoms with Crippen molar-refractivity contribution in [3.8, 4) is 33.8 Å². The number of hydrogen-bond acceptors (Lipinski definition) is 7. The number of rotatable bonds is 6. The predicted molar refractivity (Wildman–Crippen MR) is 125 cm³/mol. The van der Waals surface area contributed by atoms with Crippen LogP contribution in [-0.2, 0) is 11.2 Å². The van der Waals surface area contributed by atoms with E-state index in [1.165, 1.54) is 17.1 Å². The smallest absolute Gasteiger partial charge is 0.223 e. The molecule has 1 fully saturated rings. The Balaban J connectivity index is 1.48. The Morgan fingerprint density at radius 3 is 2.91 bits per heavy atom. The van der Waals surface area contributed by atoms with Crippen LogP contribution in [0.1, 0.15) is 43.0 Å². The number of nitrogens with zero attached hydrogens (tertiary/aromatic N) is 4. The van der Waals surface area contributed by atoms with Gasteiger partial charge in [0, 0.05) is 24.1 Å². The summed E-state index contributed by atoms with van der Waals surface area (Å²) in [5.41, 5.74) is 4.63. The molecule has 5 rings (SSSR count). The molecule has 3 aromatic rings. The fourth-order valence-corrected chi connectivity index (χ4v) is 5.71. The average Bonchev–Trinajstić information content (AvgIpc) is 3.49. The molecule has 7 nitrogen and oxygen atoms in total. The number of benzene rings is 2. The molecule has 8 heteroatoms. The maximum Gasteiger partial charge on any atom is 0.223 e. The molecule has 1 aromatic heterocycles. The topological polar surface area (TPSA) is 99.3 Å². The fourth-order valence-electron chi connectivity index (χ4n) is 4.98. The zero-order valence-corrected chi connectivity index (χ0v) is 19.3. The Kier molecular flexibility index (Phi) is 5.60. The summed E-state index contributed by atoms with van der Waals surface area (Å²) in [5.74, 6) is 1.49. The van der Waals surface area contributed by atoms with Gasteiger partial charge in [-0.2, -0.15) is 9.64 Å². The SMILES string of the molecule is CC(C)Oc1ccc(-c2nsc(-c3cccc4c3CC3CC(=O)N(CCO)C43)n2)cc1C#N. The van der Waals surface area contributed by atoms with Crippen molar-refractivity contribution in [2.24, 2.45) is 5.92 Å². The first-order valence-electron chi connectivity index (χ1n) is 11.1. The highest BCUT2D eigenvalue weighted by atomic mass is 32.1. The predicted octanol–water partition coefficient (Wildman–Crippen LogP) is 3.97. The molecule has 2 atom stereocenters. The van der Waals surface area contributed by atoms with Crippen molar-refractivity contribution in [3.05, 3.63) is 53.1 Å². The maximum atomic E-state index is 12.4. The van der Waals surface area contributed by atoms with E-state index in [9.17, 15) is 15.2 Å². The Bertz CT molecular complexity index is 1260. The molecule has 1 saturated heterocycles. The van der Waals surface area contributed by atoms with Crippen LogP contribution in [0.2, 0.25) is 0 Å². The molecule has 2 aromatic carbocycles. The van der Waals surface area contributed by atoms with E-state index in [0.717, 1.165) is 28.1 Å². The lowest BCUT2D eigenvalue weighted by molar-refractivity contribution is -0.129. The third kappa shape index (κ3) is 3.77. The van der Waals surface area contributed by atoms with Crippen LogP contribution < -0.4 is 4.74 Å².